The van der Waals surface area contributed by atoms with Crippen LogP contribution in [0.4, 0.5) is 0 Å². The zero-order valence-electron chi connectivity index (χ0n) is 14.5. The monoisotopic (exact) mass is 345 g/mol. The predicted octanol–water partition coefficient (Wildman–Crippen LogP) is 4.54. The second-order valence-corrected chi connectivity index (χ2v) is 5.76. The van der Waals surface area contributed by atoms with Crippen LogP contribution in [-0.2, 0) is 4.79 Å². The van der Waals surface area contributed by atoms with Gasteiger partial charge in [-0.1, -0.05) is 42.0 Å². The molecule has 0 aliphatic heterocycles. The number of hydrogen-bond donors (Lipinski definition) is 0. The highest BCUT2D eigenvalue weighted by atomic mass is 16.6. The van der Waals surface area contributed by atoms with Crippen molar-refractivity contribution in [2.24, 2.45) is 0 Å². The first-order valence-corrected chi connectivity index (χ1v) is 8.27. The highest BCUT2D eigenvalue weighted by molar-refractivity contribution is 5.74. The molecule has 4 nitrogen and oxygen atoms in total. The lowest BCUT2D eigenvalue weighted by atomic mass is 10.1. The highest BCUT2D eigenvalue weighted by Gasteiger charge is 2.06. The molecule has 0 N–H and O–H groups in total. The summed E-state index contributed by atoms with van der Waals surface area (Å²) in [6.07, 6.45) is 7.49. The maximum Gasteiger partial charge on any atom is 0.349 e. The number of carbonyl (C=O) groups is 1. The Morgan fingerprint density at radius 2 is 1.42 bits per heavy atom. The number of pyridine rings is 1. The molecular formula is C22H19NO3. The summed E-state index contributed by atoms with van der Waals surface area (Å²) in [4.78, 5) is 15.9. The first-order valence-electron chi connectivity index (χ1n) is 8.27. The third-order valence-corrected chi connectivity index (χ3v) is 3.66. The number of nitrogens with zero attached hydrogens (tertiary/aromatic N) is 1. The molecule has 3 aromatic rings. The smallest absolute Gasteiger partial charge is 0.349 e. The fraction of sp³-hybridized carbons (Fsp3) is 0.0909. The van der Waals surface area contributed by atoms with Crippen molar-refractivity contribution in [3.05, 3.63) is 89.7 Å². The van der Waals surface area contributed by atoms with E-state index in [9.17, 15) is 4.79 Å². The summed E-state index contributed by atoms with van der Waals surface area (Å²) >= 11 is 0. The average Bonchev–Trinajstić information content (AvgIpc) is 2.68. The molecule has 0 radical (unpaired) electrons. The van der Waals surface area contributed by atoms with Gasteiger partial charge in [0.25, 0.3) is 0 Å². The number of esters is 1. The molecule has 0 bridgehead atoms. The molecule has 1 heterocycles. The van der Waals surface area contributed by atoms with E-state index >= 15 is 0 Å². The van der Waals surface area contributed by atoms with E-state index in [2.05, 4.69) is 4.98 Å². The van der Waals surface area contributed by atoms with Gasteiger partial charge in [0, 0.05) is 12.4 Å². The van der Waals surface area contributed by atoms with Crippen molar-refractivity contribution in [3.8, 4) is 11.5 Å². The summed E-state index contributed by atoms with van der Waals surface area (Å²) in [6.45, 7) is 1.86. The molecule has 0 spiro atoms. The fourth-order valence-electron chi connectivity index (χ4n) is 2.25. The van der Waals surface area contributed by atoms with Crippen LogP contribution < -0.4 is 9.47 Å². The molecule has 0 aliphatic carbocycles. The number of rotatable bonds is 6. The molecule has 2 aromatic carbocycles. The van der Waals surface area contributed by atoms with E-state index in [1.807, 2.05) is 67.6 Å². The molecule has 130 valence electrons. The normalized spacial score (nSPS) is 10.7. The van der Waals surface area contributed by atoms with Gasteiger partial charge < -0.3 is 9.47 Å². The Labute approximate surface area is 152 Å². The molecule has 4 heteroatoms. The lowest BCUT2D eigenvalue weighted by molar-refractivity contribution is -0.136. The Balaban J connectivity index is 1.51. The molecule has 1 aromatic heterocycles. The minimum Gasteiger partial charge on any atom is -0.482 e. The number of aryl methyl sites for hydroxylation is 1. The predicted molar refractivity (Wildman–Crippen MR) is 102 cm³/mol. The molecule has 0 fully saturated rings. The van der Waals surface area contributed by atoms with Crippen LogP contribution in [0.5, 0.6) is 11.5 Å². The Bertz CT molecular complexity index is 870. The molecule has 0 atom stereocenters. The minimum atomic E-state index is -0.439. The molecule has 3 rings (SSSR count). The van der Waals surface area contributed by atoms with Gasteiger partial charge in [-0.15, -0.1) is 0 Å². The summed E-state index contributed by atoms with van der Waals surface area (Å²) in [5.74, 6) is 0.693. The SMILES string of the molecule is Cc1ccc(OCC(=O)Oc2ccc(/C=C/c3ccncc3)cc2)cc1. The quantitative estimate of drug-likeness (QED) is 0.486. The lowest BCUT2D eigenvalue weighted by Gasteiger charge is -2.07. The Kier molecular flexibility index (Phi) is 5.78. The van der Waals surface area contributed by atoms with E-state index in [4.69, 9.17) is 9.47 Å². The van der Waals surface area contributed by atoms with E-state index in [1.54, 1.807) is 24.5 Å². The maximum absolute atomic E-state index is 11.9. The lowest BCUT2D eigenvalue weighted by Crippen LogP contribution is -2.17. The van der Waals surface area contributed by atoms with Gasteiger partial charge in [0.15, 0.2) is 6.61 Å². The van der Waals surface area contributed by atoms with Gasteiger partial charge >= 0.3 is 5.97 Å². The second kappa shape index (κ2) is 8.62. The number of benzene rings is 2. The van der Waals surface area contributed by atoms with Gasteiger partial charge in [-0.05, 0) is 54.4 Å². The van der Waals surface area contributed by atoms with Crippen molar-refractivity contribution in [1.29, 1.82) is 0 Å². The molecule has 0 amide bonds. The van der Waals surface area contributed by atoms with Crippen LogP contribution in [-0.4, -0.2) is 17.6 Å². The largest absolute Gasteiger partial charge is 0.482 e. The molecular weight excluding hydrogens is 326 g/mol. The summed E-state index contributed by atoms with van der Waals surface area (Å²) < 4.78 is 10.7. The highest BCUT2D eigenvalue weighted by Crippen LogP contribution is 2.15. The van der Waals surface area contributed by atoms with Crippen molar-refractivity contribution in [2.75, 3.05) is 6.61 Å². The summed E-state index contributed by atoms with van der Waals surface area (Å²) in [5.41, 5.74) is 3.22. The van der Waals surface area contributed by atoms with Crippen LogP contribution >= 0.6 is 0 Å². The van der Waals surface area contributed by atoms with E-state index in [0.29, 0.717) is 11.5 Å². The molecule has 0 saturated carbocycles. The van der Waals surface area contributed by atoms with Crippen LogP contribution in [0.25, 0.3) is 12.2 Å². The zero-order chi connectivity index (χ0) is 18.2. The van der Waals surface area contributed by atoms with E-state index < -0.39 is 5.97 Å². The van der Waals surface area contributed by atoms with E-state index in [0.717, 1.165) is 16.7 Å². The van der Waals surface area contributed by atoms with Crippen molar-refractivity contribution >= 4 is 18.1 Å². The van der Waals surface area contributed by atoms with Crippen LogP contribution in [0.15, 0.2) is 73.1 Å². The van der Waals surface area contributed by atoms with Crippen LogP contribution in [0.2, 0.25) is 0 Å². The number of ether oxygens (including phenoxy) is 2. The van der Waals surface area contributed by atoms with Gasteiger partial charge in [-0.25, -0.2) is 4.79 Å². The summed E-state index contributed by atoms with van der Waals surface area (Å²) in [5, 5.41) is 0. The van der Waals surface area contributed by atoms with Crippen molar-refractivity contribution in [1.82, 2.24) is 4.98 Å². The Hall–Kier alpha value is -3.40. The number of carbonyl (C=O) groups excluding carboxylic acids is 1. The van der Waals surface area contributed by atoms with Crippen molar-refractivity contribution < 1.29 is 14.3 Å². The molecule has 0 aliphatic rings. The Morgan fingerprint density at radius 1 is 0.846 bits per heavy atom. The van der Waals surface area contributed by atoms with E-state index in [1.165, 1.54) is 0 Å². The topological polar surface area (TPSA) is 48.4 Å². The first kappa shape index (κ1) is 17.4. The fourth-order valence-corrected chi connectivity index (χ4v) is 2.25. The second-order valence-electron chi connectivity index (χ2n) is 5.76. The van der Waals surface area contributed by atoms with Crippen molar-refractivity contribution in [3.63, 3.8) is 0 Å². The first-order chi connectivity index (χ1) is 12.7. The van der Waals surface area contributed by atoms with Gasteiger partial charge in [-0.3, -0.25) is 4.98 Å². The number of hydrogen-bond acceptors (Lipinski definition) is 4. The van der Waals surface area contributed by atoms with Gasteiger partial charge in [0.05, 0.1) is 0 Å². The standard InChI is InChI=1S/C22H19NO3/c1-17-2-8-20(9-3-17)25-16-22(24)26-21-10-6-18(7-11-21)4-5-19-12-14-23-15-13-19/h2-15H,16H2,1H3/b5-4+. The number of aromatic nitrogens is 1. The average molecular weight is 345 g/mol. The summed E-state index contributed by atoms with van der Waals surface area (Å²) in [6, 6.07) is 18.7. The molecule has 26 heavy (non-hydrogen) atoms. The Morgan fingerprint density at radius 3 is 2.08 bits per heavy atom. The van der Waals surface area contributed by atoms with Gasteiger partial charge in [0.2, 0.25) is 0 Å². The zero-order valence-corrected chi connectivity index (χ0v) is 14.5. The minimum absolute atomic E-state index is 0.132. The molecule has 0 unspecified atom stereocenters. The van der Waals surface area contributed by atoms with Crippen LogP contribution in [0.1, 0.15) is 16.7 Å². The maximum atomic E-state index is 11.9. The van der Waals surface area contributed by atoms with Crippen molar-refractivity contribution in [2.45, 2.75) is 6.92 Å². The third kappa shape index (κ3) is 5.31. The summed E-state index contributed by atoms with van der Waals surface area (Å²) in [7, 11) is 0. The van der Waals surface area contributed by atoms with E-state index in [-0.39, 0.29) is 6.61 Å². The third-order valence-electron chi connectivity index (χ3n) is 3.66. The van der Waals surface area contributed by atoms with Crippen LogP contribution in [0, 0.1) is 6.92 Å². The van der Waals surface area contributed by atoms with Gasteiger partial charge in [0.1, 0.15) is 11.5 Å². The van der Waals surface area contributed by atoms with Crippen LogP contribution in [0.3, 0.4) is 0 Å². The molecule has 0 saturated heterocycles. The van der Waals surface area contributed by atoms with Gasteiger partial charge in [-0.2, -0.15) is 0 Å².